The summed E-state index contributed by atoms with van der Waals surface area (Å²) in [5, 5.41) is 9.80. The van der Waals surface area contributed by atoms with E-state index in [0.717, 1.165) is 43.7 Å². The van der Waals surface area contributed by atoms with Crippen LogP contribution in [0.25, 0.3) is 6.08 Å². The van der Waals surface area contributed by atoms with Crippen molar-refractivity contribution >= 4 is 46.1 Å². The molecule has 196 valence electrons. The second kappa shape index (κ2) is 12.9. The zero-order valence-electron chi connectivity index (χ0n) is 22.4. The molecule has 1 aromatic rings. The molecule has 2 aliphatic rings. The molecule has 2 unspecified atom stereocenters. The summed E-state index contributed by atoms with van der Waals surface area (Å²) >= 11 is 6.90. The van der Waals surface area contributed by atoms with Gasteiger partial charge in [-0.3, -0.25) is 19.1 Å². The Morgan fingerprint density at radius 3 is 2.33 bits per heavy atom. The number of thioether (sulfide) groups is 1. The van der Waals surface area contributed by atoms with Crippen molar-refractivity contribution in [3.8, 4) is 6.07 Å². The molecule has 0 N–H and O–H groups in total. The lowest BCUT2D eigenvalue weighted by atomic mass is 9.91. The zero-order valence-corrected chi connectivity index (χ0v) is 24.1. The van der Waals surface area contributed by atoms with Crippen LogP contribution < -0.4 is 10.5 Å². The smallest absolute Gasteiger partial charge is 0.270 e. The van der Waals surface area contributed by atoms with E-state index in [1.54, 1.807) is 9.47 Å². The summed E-state index contributed by atoms with van der Waals surface area (Å²) in [5.41, 5.74) is 1.31. The van der Waals surface area contributed by atoms with Crippen LogP contribution in [0.15, 0.2) is 9.70 Å². The maximum atomic E-state index is 13.4. The molecule has 0 radical (unpaired) electrons. The normalized spacial score (nSPS) is 21.5. The molecule has 2 atom stereocenters. The lowest BCUT2D eigenvalue weighted by molar-refractivity contribution is -0.122. The van der Waals surface area contributed by atoms with Crippen LogP contribution in [0.5, 0.6) is 0 Å². The van der Waals surface area contributed by atoms with Crippen molar-refractivity contribution in [2.24, 2.45) is 11.8 Å². The van der Waals surface area contributed by atoms with E-state index in [4.69, 9.17) is 12.2 Å². The fourth-order valence-corrected chi connectivity index (χ4v) is 6.78. The Balaban J connectivity index is 1.98. The molecule has 0 aromatic carbocycles. The third-order valence-electron chi connectivity index (χ3n) is 7.22. The van der Waals surface area contributed by atoms with Crippen molar-refractivity contribution in [3.05, 3.63) is 31.9 Å². The van der Waals surface area contributed by atoms with Crippen LogP contribution in [-0.2, 0) is 11.3 Å². The second-order valence-corrected chi connectivity index (χ2v) is 12.0. The van der Waals surface area contributed by atoms with Gasteiger partial charge < -0.3 is 4.90 Å². The molecule has 2 aliphatic heterocycles. The van der Waals surface area contributed by atoms with Crippen molar-refractivity contribution < 1.29 is 4.79 Å². The number of amides is 1. The molecular formula is C28H40N4O2S2. The fraction of sp³-hybridized carbons (Fsp3) is 0.643. The summed E-state index contributed by atoms with van der Waals surface area (Å²) in [4.78, 5) is 31.2. The number of thiocarbonyl (C=S) groups is 1. The van der Waals surface area contributed by atoms with Gasteiger partial charge in [0.1, 0.15) is 21.8 Å². The lowest BCUT2D eigenvalue weighted by Gasteiger charge is -2.38. The van der Waals surface area contributed by atoms with Crippen LogP contribution in [0.1, 0.15) is 89.3 Å². The number of hydrogen-bond donors (Lipinski definition) is 0. The van der Waals surface area contributed by atoms with Gasteiger partial charge in [-0.15, -0.1) is 0 Å². The van der Waals surface area contributed by atoms with Crippen LogP contribution >= 0.6 is 24.0 Å². The van der Waals surface area contributed by atoms with Crippen molar-refractivity contribution in [2.75, 3.05) is 24.5 Å². The molecule has 36 heavy (non-hydrogen) atoms. The van der Waals surface area contributed by atoms with Gasteiger partial charge in [-0.05, 0) is 50.2 Å². The first kappa shape index (κ1) is 28.5. The van der Waals surface area contributed by atoms with E-state index in [0.29, 0.717) is 39.7 Å². The number of carbonyl (C=O) groups excluding carboxylic acids is 1. The number of rotatable bonds is 10. The summed E-state index contributed by atoms with van der Waals surface area (Å²) in [6.07, 6.45) is 9.95. The molecule has 0 aliphatic carbocycles. The Kier molecular flexibility index (Phi) is 10.2. The highest BCUT2D eigenvalue weighted by Crippen LogP contribution is 2.37. The molecule has 2 saturated heterocycles. The highest BCUT2D eigenvalue weighted by Gasteiger charge is 2.33. The largest absolute Gasteiger partial charge is 0.357 e. The van der Waals surface area contributed by atoms with E-state index in [9.17, 15) is 14.9 Å². The third kappa shape index (κ3) is 6.23. The number of aromatic nitrogens is 1. The van der Waals surface area contributed by atoms with Crippen LogP contribution in [0.2, 0.25) is 0 Å². The van der Waals surface area contributed by atoms with Gasteiger partial charge >= 0.3 is 0 Å². The van der Waals surface area contributed by atoms with Gasteiger partial charge in [0.15, 0.2) is 0 Å². The number of hydrogen-bond acceptors (Lipinski definition) is 6. The van der Waals surface area contributed by atoms with Gasteiger partial charge in [0.2, 0.25) is 0 Å². The Bertz CT molecular complexity index is 1110. The van der Waals surface area contributed by atoms with Crippen molar-refractivity contribution in [2.45, 2.75) is 86.1 Å². The molecule has 3 rings (SSSR count). The van der Waals surface area contributed by atoms with E-state index in [1.807, 2.05) is 19.9 Å². The first-order valence-corrected chi connectivity index (χ1v) is 14.6. The quantitative estimate of drug-likeness (QED) is 0.208. The van der Waals surface area contributed by atoms with Crippen LogP contribution in [-0.4, -0.2) is 39.3 Å². The number of nitrogens with zero attached hydrogens (tertiary/aromatic N) is 4. The van der Waals surface area contributed by atoms with Crippen molar-refractivity contribution in [1.82, 2.24) is 9.47 Å². The van der Waals surface area contributed by atoms with Gasteiger partial charge in [0, 0.05) is 31.7 Å². The first-order chi connectivity index (χ1) is 17.2. The molecule has 8 heteroatoms. The van der Waals surface area contributed by atoms with Crippen LogP contribution in [0.4, 0.5) is 5.82 Å². The monoisotopic (exact) mass is 528 g/mol. The standard InChI is InChI=1S/C28H40N4O2S2/c1-6-8-9-10-11-12-13-32-27(34)24(36-28(32)35)15-22-21(5)23(16-29)26(33)31(7-2)25(22)30-17-19(3)14-20(4)18-30/h15,19-20H,6-14,17-18H2,1-5H3. The van der Waals surface area contributed by atoms with Gasteiger partial charge in [0.05, 0.1) is 4.91 Å². The van der Waals surface area contributed by atoms with E-state index >= 15 is 0 Å². The van der Waals surface area contributed by atoms with Gasteiger partial charge in [-0.2, -0.15) is 5.26 Å². The van der Waals surface area contributed by atoms with Gasteiger partial charge in [-0.1, -0.05) is 76.9 Å². The van der Waals surface area contributed by atoms with E-state index in [-0.39, 0.29) is 17.0 Å². The fourth-order valence-electron chi connectivity index (χ4n) is 5.49. The molecule has 0 saturated carbocycles. The minimum absolute atomic E-state index is 0.0722. The van der Waals surface area contributed by atoms with Crippen LogP contribution in [0.3, 0.4) is 0 Å². The van der Waals surface area contributed by atoms with Crippen molar-refractivity contribution in [1.29, 1.82) is 5.26 Å². The maximum Gasteiger partial charge on any atom is 0.270 e. The average Bonchev–Trinajstić information content (AvgIpc) is 3.09. The predicted molar refractivity (Wildman–Crippen MR) is 154 cm³/mol. The number of pyridine rings is 1. The minimum Gasteiger partial charge on any atom is -0.357 e. The molecule has 3 heterocycles. The molecular weight excluding hydrogens is 488 g/mol. The Labute approximate surface area is 225 Å². The SMILES string of the molecule is CCCCCCCCN1C(=O)C(=Cc2c(C)c(C#N)c(=O)n(CC)c2N2CC(C)CC(C)C2)SC1=S. The predicted octanol–water partition coefficient (Wildman–Crippen LogP) is 6.09. The summed E-state index contributed by atoms with van der Waals surface area (Å²) in [5.74, 6) is 1.73. The molecule has 6 nitrogen and oxygen atoms in total. The summed E-state index contributed by atoms with van der Waals surface area (Å²) < 4.78 is 2.29. The number of unbranched alkanes of at least 4 members (excludes halogenated alkanes) is 5. The number of piperidine rings is 1. The number of anilines is 1. The van der Waals surface area contributed by atoms with Crippen molar-refractivity contribution in [3.63, 3.8) is 0 Å². The van der Waals surface area contributed by atoms with E-state index < -0.39 is 0 Å². The summed E-state index contributed by atoms with van der Waals surface area (Å²) in [6, 6.07) is 2.12. The zero-order chi connectivity index (χ0) is 26.4. The molecule has 1 amide bonds. The Morgan fingerprint density at radius 1 is 1.08 bits per heavy atom. The average molecular weight is 529 g/mol. The molecule has 1 aromatic heterocycles. The Hall–Kier alpha value is -2.11. The van der Waals surface area contributed by atoms with Gasteiger partial charge in [0.25, 0.3) is 11.5 Å². The minimum atomic E-state index is -0.258. The molecule has 0 spiro atoms. The highest BCUT2D eigenvalue weighted by atomic mass is 32.2. The number of carbonyl (C=O) groups is 1. The third-order valence-corrected chi connectivity index (χ3v) is 8.59. The summed E-state index contributed by atoms with van der Waals surface area (Å²) in [7, 11) is 0. The topological polar surface area (TPSA) is 69.3 Å². The first-order valence-electron chi connectivity index (χ1n) is 13.4. The number of nitriles is 1. The highest BCUT2D eigenvalue weighted by molar-refractivity contribution is 8.26. The molecule has 0 bridgehead atoms. The van der Waals surface area contributed by atoms with Crippen LogP contribution in [0, 0.1) is 30.1 Å². The lowest BCUT2D eigenvalue weighted by Crippen LogP contribution is -2.42. The Morgan fingerprint density at radius 2 is 1.72 bits per heavy atom. The second-order valence-electron chi connectivity index (χ2n) is 10.4. The maximum absolute atomic E-state index is 13.4. The summed E-state index contributed by atoms with van der Waals surface area (Å²) in [6.45, 7) is 13.2. The van der Waals surface area contributed by atoms with E-state index in [1.165, 1.54) is 37.4 Å². The van der Waals surface area contributed by atoms with E-state index in [2.05, 4.69) is 31.7 Å². The molecule has 2 fully saturated rings. The van der Waals surface area contributed by atoms with Gasteiger partial charge in [-0.25, -0.2) is 0 Å².